The zero-order valence-electron chi connectivity index (χ0n) is 16.0. The van der Waals surface area contributed by atoms with Gasteiger partial charge in [-0.3, -0.25) is 4.79 Å². The van der Waals surface area contributed by atoms with Gasteiger partial charge in [-0.15, -0.1) is 0 Å². The van der Waals surface area contributed by atoms with Crippen molar-refractivity contribution in [1.29, 1.82) is 0 Å². The van der Waals surface area contributed by atoms with Gasteiger partial charge in [0, 0.05) is 17.2 Å². The Kier molecular flexibility index (Phi) is 6.77. The monoisotopic (exact) mass is 368 g/mol. The third kappa shape index (κ3) is 6.62. The van der Waals surface area contributed by atoms with Crippen molar-refractivity contribution in [3.05, 3.63) is 77.1 Å². The number of carbonyl (C=O) groups excluding carboxylic acids is 2. The van der Waals surface area contributed by atoms with E-state index in [2.05, 4.69) is 0 Å². The van der Waals surface area contributed by atoms with Crippen LogP contribution in [0.3, 0.4) is 0 Å². The van der Waals surface area contributed by atoms with Crippen LogP contribution in [0.25, 0.3) is 6.08 Å². The molecule has 0 aliphatic heterocycles. The molecule has 0 unspecified atom stereocenters. The summed E-state index contributed by atoms with van der Waals surface area (Å²) in [6.07, 6.45) is 7.88. The molecule has 5 heteroatoms. The molecule has 1 aliphatic carbocycles. The van der Waals surface area contributed by atoms with Crippen LogP contribution >= 0.6 is 0 Å². The molecule has 0 radical (unpaired) electrons. The van der Waals surface area contributed by atoms with Gasteiger partial charge in [0.25, 0.3) is 0 Å². The minimum Gasteiger partial charge on any atom is -0.496 e. The van der Waals surface area contributed by atoms with Gasteiger partial charge < -0.3 is 14.2 Å². The molecule has 5 nitrogen and oxygen atoms in total. The van der Waals surface area contributed by atoms with Crippen molar-refractivity contribution in [2.45, 2.75) is 26.4 Å². The smallest absolute Gasteiger partial charge is 0.496 e. The van der Waals surface area contributed by atoms with Crippen molar-refractivity contribution in [3.63, 3.8) is 0 Å². The SMILES string of the molecule is COC1=CC(=O)C(COC(=O)OC(C)(C)C)=C/C1=C/C=C/c1ccccc1. The van der Waals surface area contributed by atoms with Crippen LogP contribution < -0.4 is 0 Å². The van der Waals surface area contributed by atoms with Crippen LogP contribution in [0, 0.1) is 0 Å². The first-order valence-electron chi connectivity index (χ1n) is 8.58. The van der Waals surface area contributed by atoms with Crippen LogP contribution in [0.1, 0.15) is 26.3 Å². The van der Waals surface area contributed by atoms with Crippen LogP contribution in [0.15, 0.2) is 71.5 Å². The van der Waals surface area contributed by atoms with Gasteiger partial charge in [0.15, 0.2) is 5.78 Å². The quantitative estimate of drug-likeness (QED) is 0.710. The van der Waals surface area contributed by atoms with E-state index >= 15 is 0 Å². The number of allylic oxidation sites excluding steroid dienone is 4. The topological polar surface area (TPSA) is 61.8 Å². The number of carbonyl (C=O) groups is 2. The van der Waals surface area contributed by atoms with E-state index in [1.165, 1.54) is 13.2 Å². The van der Waals surface area contributed by atoms with Crippen LogP contribution in [-0.4, -0.2) is 31.3 Å². The molecular formula is C22H24O5. The maximum atomic E-state index is 12.2. The van der Waals surface area contributed by atoms with Crippen molar-refractivity contribution in [3.8, 4) is 0 Å². The highest BCUT2D eigenvalue weighted by Gasteiger charge is 2.21. The second kappa shape index (κ2) is 9.03. The highest BCUT2D eigenvalue weighted by Crippen LogP contribution is 2.22. The Morgan fingerprint density at radius 2 is 1.81 bits per heavy atom. The van der Waals surface area contributed by atoms with E-state index in [1.54, 1.807) is 26.8 Å². The Hall–Kier alpha value is -3.08. The predicted molar refractivity (Wildman–Crippen MR) is 104 cm³/mol. The molecular weight excluding hydrogens is 344 g/mol. The largest absolute Gasteiger partial charge is 0.509 e. The molecule has 1 aromatic carbocycles. The normalized spacial score (nSPS) is 16.1. The molecule has 1 aromatic rings. The van der Waals surface area contributed by atoms with E-state index in [-0.39, 0.29) is 12.4 Å². The van der Waals surface area contributed by atoms with Gasteiger partial charge in [0.1, 0.15) is 18.0 Å². The lowest BCUT2D eigenvalue weighted by molar-refractivity contribution is -0.112. The first-order chi connectivity index (χ1) is 12.8. The Bertz CT molecular complexity index is 805. The van der Waals surface area contributed by atoms with Crippen molar-refractivity contribution in [2.75, 3.05) is 13.7 Å². The van der Waals surface area contributed by atoms with Crippen LogP contribution in [0.5, 0.6) is 0 Å². The predicted octanol–water partition coefficient (Wildman–Crippen LogP) is 4.62. The third-order valence-corrected chi connectivity index (χ3v) is 3.51. The first kappa shape index (κ1) is 20.2. The molecule has 1 aliphatic rings. The Morgan fingerprint density at radius 1 is 1.11 bits per heavy atom. The molecule has 0 spiro atoms. The highest BCUT2D eigenvalue weighted by molar-refractivity contribution is 6.07. The Balaban J connectivity index is 2.11. The van der Waals surface area contributed by atoms with Crippen LogP contribution in [0.4, 0.5) is 4.79 Å². The lowest BCUT2D eigenvalue weighted by Crippen LogP contribution is -2.25. The molecule has 0 fully saturated rings. The number of ketones is 1. The number of methoxy groups -OCH3 is 1. The minimum absolute atomic E-state index is 0.166. The average molecular weight is 368 g/mol. The summed E-state index contributed by atoms with van der Waals surface area (Å²) in [5.41, 5.74) is 1.47. The van der Waals surface area contributed by atoms with E-state index in [1.807, 2.05) is 48.6 Å². The lowest BCUT2D eigenvalue weighted by Gasteiger charge is -2.19. The lowest BCUT2D eigenvalue weighted by atomic mass is 9.99. The van der Waals surface area contributed by atoms with Gasteiger partial charge in [0.2, 0.25) is 0 Å². The van der Waals surface area contributed by atoms with Crippen molar-refractivity contribution >= 4 is 18.0 Å². The number of rotatable bonds is 5. The van der Waals surface area contributed by atoms with E-state index in [9.17, 15) is 9.59 Å². The minimum atomic E-state index is -0.813. The van der Waals surface area contributed by atoms with E-state index < -0.39 is 11.8 Å². The summed E-state index contributed by atoms with van der Waals surface area (Å²) in [5.74, 6) is 0.193. The summed E-state index contributed by atoms with van der Waals surface area (Å²) in [7, 11) is 1.50. The molecule has 142 valence electrons. The zero-order chi connectivity index (χ0) is 19.9. The highest BCUT2D eigenvalue weighted by atomic mass is 16.7. The zero-order valence-corrected chi connectivity index (χ0v) is 16.0. The van der Waals surface area contributed by atoms with Crippen LogP contribution in [-0.2, 0) is 19.0 Å². The molecule has 0 atom stereocenters. The molecule has 0 aromatic heterocycles. The molecule has 0 saturated carbocycles. The Morgan fingerprint density at radius 3 is 2.44 bits per heavy atom. The molecule has 0 heterocycles. The number of hydrogen-bond acceptors (Lipinski definition) is 5. The van der Waals surface area contributed by atoms with Gasteiger partial charge in [-0.1, -0.05) is 48.6 Å². The third-order valence-electron chi connectivity index (χ3n) is 3.51. The fourth-order valence-electron chi connectivity index (χ4n) is 2.29. The Labute approximate surface area is 159 Å². The van der Waals surface area contributed by atoms with Gasteiger partial charge in [-0.25, -0.2) is 4.79 Å². The fraction of sp³-hybridized carbons (Fsp3) is 0.273. The van der Waals surface area contributed by atoms with Gasteiger partial charge >= 0.3 is 6.16 Å². The number of ether oxygens (including phenoxy) is 3. The first-order valence-corrected chi connectivity index (χ1v) is 8.58. The second-order valence-corrected chi connectivity index (χ2v) is 6.89. The van der Waals surface area contributed by atoms with Crippen molar-refractivity contribution in [2.24, 2.45) is 0 Å². The summed E-state index contributed by atoms with van der Waals surface area (Å²) in [4.78, 5) is 23.9. The standard InChI is InChI=1S/C22H24O5/c1-22(2,3)27-21(24)26-15-18-13-17(20(25-4)14-19(18)23)12-8-11-16-9-6-5-7-10-16/h5-14H,15H2,1-4H3/b11-8+,17-12-. The average Bonchev–Trinajstić information content (AvgIpc) is 2.61. The van der Waals surface area contributed by atoms with E-state index in [0.29, 0.717) is 16.9 Å². The molecule has 0 saturated heterocycles. The van der Waals surface area contributed by atoms with Crippen LogP contribution in [0.2, 0.25) is 0 Å². The molecule has 2 rings (SSSR count). The van der Waals surface area contributed by atoms with Gasteiger partial charge in [-0.2, -0.15) is 0 Å². The summed E-state index contributed by atoms with van der Waals surface area (Å²) in [6, 6.07) is 9.84. The number of hydrogen-bond donors (Lipinski definition) is 0. The maximum Gasteiger partial charge on any atom is 0.509 e. The van der Waals surface area contributed by atoms with Crippen molar-refractivity contribution < 1.29 is 23.8 Å². The molecule has 0 amide bonds. The second-order valence-electron chi connectivity index (χ2n) is 6.89. The van der Waals surface area contributed by atoms with E-state index in [4.69, 9.17) is 14.2 Å². The summed E-state index contributed by atoms with van der Waals surface area (Å²) < 4.78 is 15.4. The van der Waals surface area contributed by atoms with Gasteiger partial charge in [-0.05, 0) is 32.4 Å². The molecule has 0 N–H and O–H groups in total. The van der Waals surface area contributed by atoms with Crippen molar-refractivity contribution in [1.82, 2.24) is 0 Å². The summed E-state index contributed by atoms with van der Waals surface area (Å²) in [5, 5.41) is 0. The van der Waals surface area contributed by atoms with Gasteiger partial charge in [0.05, 0.1) is 7.11 Å². The summed E-state index contributed by atoms with van der Waals surface area (Å²) >= 11 is 0. The molecule has 0 bridgehead atoms. The summed E-state index contributed by atoms with van der Waals surface area (Å²) in [6.45, 7) is 5.06. The molecule has 27 heavy (non-hydrogen) atoms. The fourth-order valence-corrected chi connectivity index (χ4v) is 2.29. The van der Waals surface area contributed by atoms with E-state index in [0.717, 1.165) is 5.56 Å². The number of benzene rings is 1. The maximum absolute atomic E-state index is 12.2.